The molecule has 124 valence electrons. The van der Waals surface area contributed by atoms with Gasteiger partial charge in [0.2, 0.25) is 10.0 Å². The number of benzene rings is 1. The van der Waals surface area contributed by atoms with Crippen molar-refractivity contribution >= 4 is 32.2 Å². The first kappa shape index (κ1) is 16.1. The van der Waals surface area contributed by atoms with Gasteiger partial charge in [0.25, 0.3) is 0 Å². The molecule has 0 atom stereocenters. The highest BCUT2D eigenvalue weighted by molar-refractivity contribution is 7.92. The van der Waals surface area contributed by atoms with Gasteiger partial charge in [-0.3, -0.25) is 9.62 Å². The zero-order valence-electron chi connectivity index (χ0n) is 13.8. The molecule has 0 amide bonds. The Balaban J connectivity index is 1.94. The van der Waals surface area contributed by atoms with Crippen LogP contribution in [0.5, 0.6) is 0 Å². The monoisotopic (exact) mass is 333 g/mol. The standard InChI is InChI=1S/C17H23N3O2S/c1-12(2)20-8-6-13(7-9-20)16-11-18-17-5-4-14(10-15(16)17)19-23(3,21)22/h4-6,10-12,18-19H,7-9H2,1-3H3. The van der Waals surface area contributed by atoms with Gasteiger partial charge in [-0.25, -0.2) is 8.42 Å². The molecule has 0 bridgehead atoms. The Morgan fingerprint density at radius 2 is 2.09 bits per heavy atom. The molecule has 2 aromatic rings. The Morgan fingerprint density at radius 3 is 2.70 bits per heavy atom. The van der Waals surface area contributed by atoms with Crippen molar-refractivity contribution in [3.63, 3.8) is 0 Å². The summed E-state index contributed by atoms with van der Waals surface area (Å²) in [6.45, 7) is 6.44. The second-order valence-corrected chi connectivity index (χ2v) is 8.15. The fraction of sp³-hybridized carbons (Fsp3) is 0.412. The van der Waals surface area contributed by atoms with Gasteiger partial charge in [-0.15, -0.1) is 0 Å². The zero-order chi connectivity index (χ0) is 16.6. The molecule has 0 aliphatic carbocycles. The molecule has 23 heavy (non-hydrogen) atoms. The Hall–Kier alpha value is -1.79. The van der Waals surface area contributed by atoms with E-state index in [-0.39, 0.29) is 0 Å². The van der Waals surface area contributed by atoms with E-state index in [0.29, 0.717) is 11.7 Å². The summed E-state index contributed by atoms with van der Waals surface area (Å²) < 4.78 is 25.4. The van der Waals surface area contributed by atoms with Crippen LogP contribution in [0.25, 0.3) is 16.5 Å². The minimum absolute atomic E-state index is 0.557. The number of aromatic amines is 1. The van der Waals surface area contributed by atoms with Crippen LogP contribution in [0.2, 0.25) is 0 Å². The van der Waals surface area contributed by atoms with Crippen molar-refractivity contribution in [3.8, 4) is 0 Å². The highest BCUT2D eigenvalue weighted by Gasteiger charge is 2.17. The molecule has 3 rings (SSSR count). The number of anilines is 1. The predicted molar refractivity (Wildman–Crippen MR) is 96.1 cm³/mol. The third kappa shape index (κ3) is 3.59. The van der Waals surface area contributed by atoms with Gasteiger partial charge in [-0.05, 0) is 44.0 Å². The summed E-state index contributed by atoms with van der Waals surface area (Å²) >= 11 is 0. The maximum Gasteiger partial charge on any atom is 0.229 e. The molecule has 1 aliphatic rings. The normalized spacial score (nSPS) is 16.8. The van der Waals surface area contributed by atoms with Crippen LogP contribution in [-0.2, 0) is 10.0 Å². The summed E-state index contributed by atoms with van der Waals surface area (Å²) in [5, 5.41) is 1.06. The van der Waals surface area contributed by atoms with Crippen molar-refractivity contribution in [2.24, 2.45) is 0 Å². The molecule has 0 unspecified atom stereocenters. The van der Waals surface area contributed by atoms with Gasteiger partial charge >= 0.3 is 0 Å². The summed E-state index contributed by atoms with van der Waals surface area (Å²) in [5.74, 6) is 0. The van der Waals surface area contributed by atoms with Crippen molar-refractivity contribution in [3.05, 3.63) is 36.0 Å². The summed E-state index contributed by atoms with van der Waals surface area (Å²) in [6, 6.07) is 6.15. The largest absolute Gasteiger partial charge is 0.361 e. The van der Waals surface area contributed by atoms with Gasteiger partial charge < -0.3 is 4.98 Å². The number of nitrogens with zero attached hydrogens (tertiary/aromatic N) is 1. The Labute approximate surface area is 137 Å². The predicted octanol–water partition coefficient (Wildman–Crippen LogP) is 3.04. The Kier molecular flexibility index (Phi) is 4.21. The van der Waals surface area contributed by atoms with Gasteiger partial charge in [0.05, 0.1) is 6.26 Å². The van der Waals surface area contributed by atoms with E-state index in [1.807, 2.05) is 18.3 Å². The second-order valence-electron chi connectivity index (χ2n) is 6.40. The average Bonchev–Trinajstić information content (AvgIpc) is 2.88. The van der Waals surface area contributed by atoms with E-state index in [1.54, 1.807) is 6.07 Å². The van der Waals surface area contributed by atoms with Gasteiger partial charge in [-0.1, -0.05) is 6.08 Å². The van der Waals surface area contributed by atoms with Crippen molar-refractivity contribution in [1.82, 2.24) is 9.88 Å². The average molecular weight is 333 g/mol. The van der Waals surface area contributed by atoms with E-state index in [0.717, 1.165) is 30.4 Å². The number of H-pyrrole nitrogens is 1. The van der Waals surface area contributed by atoms with E-state index in [9.17, 15) is 8.42 Å². The molecular weight excluding hydrogens is 310 g/mol. The molecule has 0 fully saturated rings. The number of aromatic nitrogens is 1. The molecule has 2 N–H and O–H groups in total. The van der Waals surface area contributed by atoms with Crippen molar-refractivity contribution < 1.29 is 8.42 Å². The minimum atomic E-state index is -3.26. The van der Waals surface area contributed by atoms with Crippen molar-refractivity contribution in [2.75, 3.05) is 24.1 Å². The number of sulfonamides is 1. The lowest BCUT2D eigenvalue weighted by Crippen LogP contribution is -2.34. The number of nitrogens with one attached hydrogen (secondary N) is 2. The van der Waals surface area contributed by atoms with E-state index < -0.39 is 10.0 Å². The van der Waals surface area contributed by atoms with Crippen LogP contribution in [0.4, 0.5) is 5.69 Å². The fourth-order valence-electron chi connectivity index (χ4n) is 3.06. The van der Waals surface area contributed by atoms with E-state index in [2.05, 4.69) is 34.5 Å². The topological polar surface area (TPSA) is 65.2 Å². The van der Waals surface area contributed by atoms with Crippen LogP contribution < -0.4 is 4.72 Å². The van der Waals surface area contributed by atoms with Crippen molar-refractivity contribution in [1.29, 1.82) is 0 Å². The molecule has 1 aromatic heterocycles. The lowest BCUT2D eigenvalue weighted by molar-refractivity contribution is 0.245. The lowest BCUT2D eigenvalue weighted by atomic mass is 9.98. The van der Waals surface area contributed by atoms with E-state index in [1.165, 1.54) is 17.4 Å². The van der Waals surface area contributed by atoms with E-state index >= 15 is 0 Å². The molecule has 0 radical (unpaired) electrons. The fourth-order valence-corrected chi connectivity index (χ4v) is 3.62. The van der Waals surface area contributed by atoms with Crippen LogP contribution >= 0.6 is 0 Å². The maximum atomic E-state index is 11.4. The van der Waals surface area contributed by atoms with Crippen molar-refractivity contribution in [2.45, 2.75) is 26.3 Å². The summed E-state index contributed by atoms with van der Waals surface area (Å²) in [5.41, 5.74) is 4.11. The van der Waals surface area contributed by atoms with Crippen LogP contribution in [0.3, 0.4) is 0 Å². The van der Waals surface area contributed by atoms with E-state index in [4.69, 9.17) is 0 Å². The van der Waals surface area contributed by atoms with Crippen LogP contribution in [-0.4, -0.2) is 43.7 Å². The molecule has 5 nitrogen and oxygen atoms in total. The number of hydrogen-bond donors (Lipinski definition) is 2. The van der Waals surface area contributed by atoms with Crippen LogP contribution in [0.1, 0.15) is 25.8 Å². The summed E-state index contributed by atoms with van der Waals surface area (Å²) in [6.07, 6.45) is 6.47. The van der Waals surface area contributed by atoms with Crippen LogP contribution in [0, 0.1) is 0 Å². The SMILES string of the molecule is CC(C)N1CC=C(c2c[nH]c3ccc(NS(C)(=O)=O)cc23)CC1. The maximum absolute atomic E-state index is 11.4. The quantitative estimate of drug-likeness (QED) is 0.904. The molecule has 1 aromatic carbocycles. The number of hydrogen-bond acceptors (Lipinski definition) is 3. The van der Waals surface area contributed by atoms with Gasteiger partial charge in [0.15, 0.2) is 0 Å². The van der Waals surface area contributed by atoms with Gasteiger partial charge in [-0.2, -0.15) is 0 Å². The molecule has 1 aliphatic heterocycles. The third-order valence-electron chi connectivity index (χ3n) is 4.30. The lowest BCUT2D eigenvalue weighted by Gasteiger charge is -2.29. The number of rotatable bonds is 4. The highest BCUT2D eigenvalue weighted by Crippen LogP contribution is 2.31. The molecule has 6 heteroatoms. The minimum Gasteiger partial charge on any atom is -0.361 e. The molecule has 2 heterocycles. The van der Waals surface area contributed by atoms with Gasteiger partial charge in [0, 0.05) is 47.5 Å². The summed E-state index contributed by atoms with van der Waals surface area (Å²) in [4.78, 5) is 5.72. The molecule has 0 saturated carbocycles. The third-order valence-corrected chi connectivity index (χ3v) is 4.91. The molecule has 0 saturated heterocycles. The Bertz CT molecular complexity index is 850. The first-order valence-electron chi connectivity index (χ1n) is 7.86. The first-order valence-corrected chi connectivity index (χ1v) is 9.75. The van der Waals surface area contributed by atoms with Gasteiger partial charge in [0.1, 0.15) is 0 Å². The smallest absolute Gasteiger partial charge is 0.229 e. The molecule has 0 spiro atoms. The highest BCUT2D eigenvalue weighted by atomic mass is 32.2. The summed E-state index contributed by atoms with van der Waals surface area (Å²) in [7, 11) is -3.26. The zero-order valence-corrected chi connectivity index (χ0v) is 14.6. The number of fused-ring (bicyclic) bond motifs is 1. The first-order chi connectivity index (χ1) is 10.8. The molecular formula is C17H23N3O2S. The second kappa shape index (κ2) is 6.02. The van der Waals surface area contributed by atoms with Crippen LogP contribution in [0.15, 0.2) is 30.5 Å². The Morgan fingerprint density at radius 1 is 1.30 bits per heavy atom.